The summed E-state index contributed by atoms with van der Waals surface area (Å²) < 4.78 is 11.9. The highest BCUT2D eigenvalue weighted by atomic mass is 79.9. The number of ether oxygens (including phenoxy) is 2. The summed E-state index contributed by atoms with van der Waals surface area (Å²) in [5, 5.41) is 9.35. The summed E-state index contributed by atoms with van der Waals surface area (Å²) in [5.74, 6) is 0.398. The number of benzene rings is 1. The Bertz CT molecular complexity index is 564. The molecule has 2 rings (SSSR count). The molecule has 1 aliphatic rings. The van der Waals surface area contributed by atoms with Crippen LogP contribution in [-0.4, -0.2) is 42.3 Å². The zero-order valence-corrected chi connectivity index (χ0v) is 15.4. The number of carbonyl (C=O) groups is 1. The van der Waals surface area contributed by atoms with Crippen LogP contribution in [0.5, 0.6) is 11.5 Å². The predicted octanol–water partition coefficient (Wildman–Crippen LogP) is 3.54. The molecule has 1 saturated heterocycles. The van der Waals surface area contributed by atoms with Crippen LogP contribution < -0.4 is 9.47 Å². The summed E-state index contributed by atoms with van der Waals surface area (Å²) >= 11 is 3.53. The first-order valence-corrected chi connectivity index (χ1v) is 8.73. The Hall–Kier alpha value is -1.27. The Labute approximate surface area is 145 Å². The number of methoxy groups -OCH3 is 1. The van der Waals surface area contributed by atoms with Crippen molar-refractivity contribution in [2.45, 2.75) is 39.3 Å². The van der Waals surface area contributed by atoms with E-state index in [-0.39, 0.29) is 12.0 Å². The first-order chi connectivity index (χ1) is 11.0. The summed E-state index contributed by atoms with van der Waals surface area (Å²) in [6.07, 6.45) is 1.67. The molecule has 0 spiro atoms. The Kier molecular flexibility index (Phi) is 6.30. The van der Waals surface area contributed by atoms with Crippen LogP contribution in [0.4, 0.5) is 0 Å². The lowest BCUT2D eigenvalue weighted by atomic mass is 9.90. The fourth-order valence-corrected chi connectivity index (χ4v) is 3.83. The fourth-order valence-electron chi connectivity index (χ4n) is 3.17. The van der Waals surface area contributed by atoms with Crippen molar-refractivity contribution < 1.29 is 19.4 Å². The molecule has 1 aliphatic heterocycles. The molecule has 128 valence electrons. The quantitative estimate of drug-likeness (QED) is 0.811. The third-order valence-electron chi connectivity index (χ3n) is 4.39. The number of hydrogen-bond acceptors (Lipinski definition) is 4. The van der Waals surface area contributed by atoms with Crippen LogP contribution in [-0.2, 0) is 11.3 Å². The second-order valence-electron chi connectivity index (χ2n) is 5.84. The van der Waals surface area contributed by atoms with Crippen LogP contribution in [0.15, 0.2) is 16.6 Å². The summed E-state index contributed by atoms with van der Waals surface area (Å²) in [5.41, 5.74) is 1.08. The monoisotopic (exact) mass is 385 g/mol. The van der Waals surface area contributed by atoms with Crippen LogP contribution in [0.3, 0.4) is 0 Å². The minimum absolute atomic E-state index is 0.0256. The van der Waals surface area contributed by atoms with Crippen molar-refractivity contribution in [1.82, 2.24) is 4.90 Å². The number of rotatable bonds is 6. The molecular formula is C17H24BrNO4. The lowest BCUT2D eigenvalue weighted by Gasteiger charge is -2.37. The van der Waals surface area contributed by atoms with Crippen molar-refractivity contribution in [3.05, 3.63) is 22.2 Å². The Morgan fingerprint density at radius 2 is 2.22 bits per heavy atom. The van der Waals surface area contributed by atoms with Crippen molar-refractivity contribution >= 4 is 21.9 Å². The van der Waals surface area contributed by atoms with Crippen LogP contribution in [0.1, 0.15) is 32.3 Å². The van der Waals surface area contributed by atoms with Crippen molar-refractivity contribution in [2.24, 2.45) is 5.92 Å². The molecule has 5 nitrogen and oxygen atoms in total. The minimum atomic E-state index is -0.701. The van der Waals surface area contributed by atoms with E-state index in [0.717, 1.165) is 29.4 Å². The average Bonchev–Trinajstić information content (AvgIpc) is 2.49. The Morgan fingerprint density at radius 1 is 1.48 bits per heavy atom. The summed E-state index contributed by atoms with van der Waals surface area (Å²) in [6, 6.07) is 4.01. The predicted molar refractivity (Wildman–Crippen MR) is 92.1 cm³/mol. The lowest BCUT2D eigenvalue weighted by Crippen LogP contribution is -2.45. The largest absolute Gasteiger partial charge is 0.492 e. The number of piperidine rings is 1. The van der Waals surface area contributed by atoms with Gasteiger partial charge in [0.2, 0.25) is 0 Å². The van der Waals surface area contributed by atoms with Gasteiger partial charge in [-0.1, -0.05) is 0 Å². The molecule has 1 N–H and O–H groups in total. The molecule has 0 aromatic heterocycles. The molecule has 1 aromatic carbocycles. The van der Waals surface area contributed by atoms with E-state index in [4.69, 9.17) is 9.47 Å². The highest BCUT2D eigenvalue weighted by Crippen LogP contribution is 2.37. The summed E-state index contributed by atoms with van der Waals surface area (Å²) in [6.45, 7) is 6.11. The zero-order valence-electron chi connectivity index (χ0n) is 13.8. The van der Waals surface area contributed by atoms with E-state index in [2.05, 4.69) is 20.8 Å². The molecular weight excluding hydrogens is 362 g/mol. The highest BCUT2D eigenvalue weighted by Gasteiger charge is 2.32. The lowest BCUT2D eigenvalue weighted by molar-refractivity contribution is -0.145. The molecule has 0 radical (unpaired) electrons. The molecule has 1 aromatic rings. The van der Waals surface area contributed by atoms with Gasteiger partial charge in [0.05, 0.1) is 24.1 Å². The van der Waals surface area contributed by atoms with Gasteiger partial charge >= 0.3 is 5.97 Å². The third kappa shape index (κ3) is 4.18. The van der Waals surface area contributed by atoms with E-state index in [1.165, 1.54) is 0 Å². The number of aliphatic carboxylic acids is 1. The number of likely N-dealkylation sites (tertiary alicyclic amines) is 1. The van der Waals surface area contributed by atoms with Crippen LogP contribution in [0, 0.1) is 5.92 Å². The number of halogens is 1. The first kappa shape index (κ1) is 18.1. The molecule has 1 heterocycles. The zero-order chi connectivity index (χ0) is 17.0. The van der Waals surface area contributed by atoms with Crippen molar-refractivity contribution in [3.8, 4) is 11.5 Å². The number of carboxylic acids is 1. The molecule has 23 heavy (non-hydrogen) atoms. The van der Waals surface area contributed by atoms with Gasteiger partial charge in [-0.3, -0.25) is 9.69 Å². The van der Waals surface area contributed by atoms with Gasteiger partial charge in [-0.2, -0.15) is 0 Å². The number of carboxylic acid groups (broad SMARTS) is 1. The Morgan fingerprint density at radius 3 is 2.83 bits per heavy atom. The van der Waals surface area contributed by atoms with Crippen molar-refractivity contribution in [2.75, 3.05) is 20.3 Å². The smallest absolute Gasteiger partial charge is 0.308 e. The maximum Gasteiger partial charge on any atom is 0.308 e. The van der Waals surface area contributed by atoms with Gasteiger partial charge < -0.3 is 14.6 Å². The van der Waals surface area contributed by atoms with Crippen molar-refractivity contribution in [1.29, 1.82) is 0 Å². The minimum Gasteiger partial charge on any atom is -0.492 e. The van der Waals surface area contributed by atoms with Gasteiger partial charge in [-0.05, 0) is 66.9 Å². The topological polar surface area (TPSA) is 59.0 Å². The van der Waals surface area contributed by atoms with E-state index in [1.807, 2.05) is 26.0 Å². The van der Waals surface area contributed by atoms with Gasteiger partial charge in [-0.15, -0.1) is 0 Å². The van der Waals surface area contributed by atoms with Crippen LogP contribution in [0.25, 0.3) is 0 Å². The van der Waals surface area contributed by atoms with E-state index >= 15 is 0 Å². The molecule has 1 fully saturated rings. The molecule has 0 unspecified atom stereocenters. The molecule has 2 atom stereocenters. The van der Waals surface area contributed by atoms with Crippen molar-refractivity contribution in [3.63, 3.8) is 0 Å². The second kappa shape index (κ2) is 8.02. The molecule has 6 heteroatoms. The van der Waals surface area contributed by atoms with E-state index in [1.54, 1.807) is 7.11 Å². The van der Waals surface area contributed by atoms with Gasteiger partial charge in [0.15, 0.2) is 11.5 Å². The standard InChI is InChI=1S/C17H24BrNO4/c1-4-23-15-9-12(8-14(18)16(15)22-3)10-19-7-5-6-13(11(19)2)17(20)21/h8-9,11,13H,4-7,10H2,1-3H3,(H,20,21)/t11-,13-/m0/s1. The summed E-state index contributed by atoms with van der Waals surface area (Å²) in [7, 11) is 1.62. The number of hydrogen-bond donors (Lipinski definition) is 1. The maximum atomic E-state index is 11.4. The van der Waals surface area contributed by atoms with Crippen LogP contribution in [0.2, 0.25) is 0 Å². The van der Waals surface area contributed by atoms with Gasteiger partial charge in [0.25, 0.3) is 0 Å². The average molecular weight is 386 g/mol. The number of nitrogens with zero attached hydrogens (tertiary/aromatic N) is 1. The highest BCUT2D eigenvalue weighted by molar-refractivity contribution is 9.10. The molecule has 0 amide bonds. The van der Waals surface area contributed by atoms with Gasteiger partial charge in [-0.25, -0.2) is 0 Å². The van der Waals surface area contributed by atoms with E-state index in [9.17, 15) is 9.90 Å². The molecule has 0 saturated carbocycles. The Balaban J connectivity index is 2.20. The molecule has 0 bridgehead atoms. The SMILES string of the molecule is CCOc1cc(CN2CCC[C@H](C(=O)O)[C@@H]2C)cc(Br)c1OC. The fraction of sp³-hybridized carbons (Fsp3) is 0.588. The second-order valence-corrected chi connectivity index (χ2v) is 6.69. The maximum absolute atomic E-state index is 11.4. The normalized spacial score (nSPS) is 21.9. The van der Waals surface area contributed by atoms with Crippen LogP contribution >= 0.6 is 15.9 Å². The molecule has 0 aliphatic carbocycles. The van der Waals surface area contributed by atoms with Gasteiger partial charge in [0.1, 0.15) is 0 Å². The first-order valence-electron chi connectivity index (χ1n) is 7.94. The van der Waals surface area contributed by atoms with Gasteiger partial charge in [0, 0.05) is 12.6 Å². The third-order valence-corrected chi connectivity index (χ3v) is 4.98. The van der Waals surface area contributed by atoms with E-state index < -0.39 is 5.97 Å². The van der Waals surface area contributed by atoms with E-state index in [0.29, 0.717) is 24.7 Å². The summed E-state index contributed by atoms with van der Waals surface area (Å²) in [4.78, 5) is 13.6.